The van der Waals surface area contributed by atoms with Gasteiger partial charge in [-0.25, -0.2) is 0 Å². The molecule has 0 unspecified atom stereocenters. The number of ether oxygens (including phenoxy) is 1. The standard InChI is InChI=1S/C14H28N2O2/c1-11(2)12(17)16-8-14(5,6)10-18-9-13(3,4)7-15/h1,7-10,15H2,2-6H3,(H,16,17). The molecule has 0 radical (unpaired) electrons. The molecule has 0 atom stereocenters. The number of hydrogen-bond acceptors (Lipinski definition) is 3. The van der Waals surface area contributed by atoms with Crippen LogP contribution in [0.15, 0.2) is 12.2 Å². The Kier molecular flexibility index (Phi) is 6.57. The lowest BCUT2D eigenvalue weighted by molar-refractivity contribution is -0.118. The highest BCUT2D eigenvalue weighted by molar-refractivity contribution is 5.92. The summed E-state index contributed by atoms with van der Waals surface area (Å²) in [6.45, 7) is 15.9. The molecule has 106 valence electrons. The number of nitrogens with two attached hydrogens (primary N) is 1. The van der Waals surface area contributed by atoms with E-state index in [-0.39, 0.29) is 16.7 Å². The van der Waals surface area contributed by atoms with E-state index >= 15 is 0 Å². The predicted molar refractivity (Wildman–Crippen MR) is 75.3 cm³/mol. The highest BCUT2D eigenvalue weighted by Crippen LogP contribution is 2.18. The van der Waals surface area contributed by atoms with E-state index in [0.29, 0.717) is 31.9 Å². The van der Waals surface area contributed by atoms with E-state index in [9.17, 15) is 4.79 Å². The summed E-state index contributed by atoms with van der Waals surface area (Å²) in [6, 6.07) is 0. The quantitative estimate of drug-likeness (QED) is 0.650. The van der Waals surface area contributed by atoms with Crippen LogP contribution in [0.5, 0.6) is 0 Å². The molecule has 0 aromatic rings. The average molecular weight is 256 g/mol. The largest absolute Gasteiger partial charge is 0.380 e. The first-order valence-electron chi connectivity index (χ1n) is 6.31. The third-order valence-corrected chi connectivity index (χ3v) is 2.65. The lowest BCUT2D eigenvalue weighted by Gasteiger charge is -2.28. The van der Waals surface area contributed by atoms with Gasteiger partial charge in [-0.2, -0.15) is 0 Å². The number of carbonyl (C=O) groups is 1. The van der Waals surface area contributed by atoms with Crippen molar-refractivity contribution in [3.63, 3.8) is 0 Å². The van der Waals surface area contributed by atoms with E-state index in [2.05, 4.69) is 39.6 Å². The van der Waals surface area contributed by atoms with Crippen LogP contribution in [0.4, 0.5) is 0 Å². The van der Waals surface area contributed by atoms with Crippen LogP contribution in [0.25, 0.3) is 0 Å². The summed E-state index contributed by atoms with van der Waals surface area (Å²) in [5.41, 5.74) is 6.06. The lowest BCUT2D eigenvalue weighted by Crippen LogP contribution is -2.38. The van der Waals surface area contributed by atoms with Crippen LogP contribution >= 0.6 is 0 Å². The summed E-state index contributed by atoms with van der Waals surface area (Å²) in [4.78, 5) is 11.4. The second-order valence-electron chi connectivity index (χ2n) is 6.49. The number of amides is 1. The molecule has 3 N–H and O–H groups in total. The summed E-state index contributed by atoms with van der Waals surface area (Å²) >= 11 is 0. The lowest BCUT2D eigenvalue weighted by atomic mass is 9.93. The third kappa shape index (κ3) is 7.45. The molecular weight excluding hydrogens is 228 g/mol. The zero-order chi connectivity index (χ0) is 14.4. The maximum absolute atomic E-state index is 11.4. The maximum atomic E-state index is 11.4. The Morgan fingerprint density at radius 3 is 2.17 bits per heavy atom. The molecule has 4 heteroatoms. The molecule has 0 aliphatic heterocycles. The Balaban J connectivity index is 4.01. The topological polar surface area (TPSA) is 64.3 Å². The molecule has 0 saturated carbocycles. The van der Waals surface area contributed by atoms with E-state index in [1.54, 1.807) is 6.92 Å². The van der Waals surface area contributed by atoms with Gasteiger partial charge in [-0.1, -0.05) is 34.3 Å². The summed E-state index contributed by atoms with van der Waals surface area (Å²) in [6.07, 6.45) is 0. The molecule has 0 spiro atoms. The van der Waals surface area contributed by atoms with Gasteiger partial charge in [-0.05, 0) is 13.5 Å². The van der Waals surface area contributed by atoms with Crippen molar-refractivity contribution in [3.05, 3.63) is 12.2 Å². The predicted octanol–water partition coefficient (Wildman–Crippen LogP) is 1.71. The number of nitrogens with one attached hydrogen (secondary N) is 1. The second kappa shape index (κ2) is 6.90. The molecular formula is C14H28N2O2. The van der Waals surface area contributed by atoms with Gasteiger partial charge in [0.15, 0.2) is 0 Å². The molecule has 0 aromatic heterocycles. The minimum atomic E-state index is -0.106. The molecule has 0 aliphatic rings. The molecule has 0 rings (SSSR count). The Hall–Kier alpha value is -0.870. The van der Waals surface area contributed by atoms with Crippen LogP contribution in [0.2, 0.25) is 0 Å². The molecule has 0 heterocycles. The second-order valence-corrected chi connectivity index (χ2v) is 6.49. The molecule has 0 fully saturated rings. The van der Waals surface area contributed by atoms with Gasteiger partial charge in [0.2, 0.25) is 5.91 Å². The molecule has 4 nitrogen and oxygen atoms in total. The fourth-order valence-electron chi connectivity index (χ4n) is 1.18. The van der Waals surface area contributed by atoms with Crippen LogP contribution in [0, 0.1) is 10.8 Å². The normalized spacial score (nSPS) is 12.3. The van der Waals surface area contributed by atoms with E-state index < -0.39 is 0 Å². The van der Waals surface area contributed by atoms with Crippen molar-refractivity contribution in [1.82, 2.24) is 5.32 Å². The van der Waals surface area contributed by atoms with Gasteiger partial charge < -0.3 is 15.8 Å². The van der Waals surface area contributed by atoms with Gasteiger partial charge in [0, 0.05) is 22.9 Å². The fraction of sp³-hybridized carbons (Fsp3) is 0.786. The Morgan fingerprint density at radius 1 is 1.22 bits per heavy atom. The van der Waals surface area contributed by atoms with Crippen LogP contribution < -0.4 is 11.1 Å². The molecule has 18 heavy (non-hydrogen) atoms. The van der Waals surface area contributed by atoms with Gasteiger partial charge in [-0.3, -0.25) is 4.79 Å². The molecule has 1 amide bonds. The zero-order valence-corrected chi connectivity index (χ0v) is 12.4. The molecule has 0 aromatic carbocycles. The van der Waals surface area contributed by atoms with Crippen molar-refractivity contribution in [1.29, 1.82) is 0 Å². The maximum Gasteiger partial charge on any atom is 0.246 e. The zero-order valence-electron chi connectivity index (χ0n) is 12.4. The van der Waals surface area contributed by atoms with Crippen molar-refractivity contribution < 1.29 is 9.53 Å². The van der Waals surface area contributed by atoms with E-state index in [0.717, 1.165) is 0 Å². The molecule has 0 bridgehead atoms. The summed E-state index contributed by atoms with van der Waals surface area (Å²) in [7, 11) is 0. The highest BCUT2D eigenvalue weighted by atomic mass is 16.5. The number of rotatable bonds is 8. The first-order valence-corrected chi connectivity index (χ1v) is 6.31. The van der Waals surface area contributed by atoms with Crippen LogP contribution in [-0.4, -0.2) is 32.2 Å². The Bertz CT molecular complexity index is 296. The van der Waals surface area contributed by atoms with Crippen LogP contribution in [0.3, 0.4) is 0 Å². The SMILES string of the molecule is C=C(C)C(=O)NCC(C)(C)COCC(C)(C)CN. The van der Waals surface area contributed by atoms with E-state index in [1.165, 1.54) is 0 Å². The van der Waals surface area contributed by atoms with Crippen LogP contribution in [-0.2, 0) is 9.53 Å². The van der Waals surface area contributed by atoms with Crippen LogP contribution in [0.1, 0.15) is 34.6 Å². The summed E-state index contributed by atoms with van der Waals surface area (Å²) in [5.74, 6) is -0.106. The number of hydrogen-bond donors (Lipinski definition) is 2. The van der Waals surface area contributed by atoms with Crippen molar-refractivity contribution in [3.8, 4) is 0 Å². The van der Waals surface area contributed by atoms with Crippen molar-refractivity contribution in [2.45, 2.75) is 34.6 Å². The highest BCUT2D eigenvalue weighted by Gasteiger charge is 2.22. The average Bonchev–Trinajstić information content (AvgIpc) is 2.25. The summed E-state index contributed by atoms with van der Waals surface area (Å²) in [5, 5.41) is 2.84. The van der Waals surface area contributed by atoms with Gasteiger partial charge in [0.05, 0.1) is 13.2 Å². The number of carbonyl (C=O) groups excluding carboxylic acids is 1. The van der Waals surface area contributed by atoms with Gasteiger partial charge in [-0.15, -0.1) is 0 Å². The first-order chi connectivity index (χ1) is 8.09. The molecule has 0 aliphatic carbocycles. The fourth-order valence-corrected chi connectivity index (χ4v) is 1.18. The Labute approximate surface area is 111 Å². The first kappa shape index (κ1) is 17.1. The van der Waals surface area contributed by atoms with E-state index in [4.69, 9.17) is 10.5 Å². The van der Waals surface area contributed by atoms with Gasteiger partial charge >= 0.3 is 0 Å². The van der Waals surface area contributed by atoms with E-state index in [1.807, 2.05) is 0 Å². The van der Waals surface area contributed by atoms with Gasteiger partial charge in [0.1, 0.15) is 0 Å². The monoisotopic (exact) mass is 256 g/mol. The van der Waals surface area contributed by atoms with Crippen molar-refractivity contribution in [2.75, 3.05) is 26.3 Å². The van der Waals surface area contributed by atoms with Gasteiger partial charge in [0.25, 0.3) is 0 Å². The third-order valence-electron chi connectivity index (χ3n) is 2.65. The summed E-state index contributed by atoms with van der Waals surface area (Å²) < 4.78 is 5.69. The minimum absolute atomic E-state index is 0.00294. The van der Waals surface area contributed by atoms with Crippen molar-refractivity contribution in [2.24, 2.45) is 16.6 Å². The van der Waals surface area contributed by atoms with Crippen molar-refractivity contribution >= 4 is 5.91 Å². The smallest absolute Gasteiger partial charge is 0.246 e. The molecule has 0 saturated heterocycles. The Morgan fingerprint density at radius 2 is 1.72 bits per heavy atom. The minimum Gasteiger partial charge on any atom is -0.380 e.